The number of nitriles is 1. The molecule has 0 saturated carbocycles. The number of carbonyl (C=O) groups is 1. The molecule has 2 heterocycles. The number of anilines is 1. The summed E-state index contributed by atoms with van der Waals surface area (Å²) in [6.07, 6.45) is 0.724. The second-order valence-electron chi connectivity index (χ2n) is 9.41. The zero-order valence-electron chi connectivity index (χ0n) is 19.9. The van der Waals surface area contributed by atoms with Gasteiger partial charge in [-0.25, -0.2) is 23.5 Å². The van der Waals surface area contributed by atoms with Crippen LogP contribution in [-0.4, -0.2) is 57.3 Å². The van der Waals surface area contributed by atoms with E-state index in [1.165, 1.54) is 29.4 Å². The molecule has 0 spiro atoms. The molecular formula is C25H24ClF2N5O3. The quantitative estimate of drug-likeness (QED) is 0.506. The van der Waals surface area contributed by atoms with Gasteiger partial charge in [0.1, 0.15) is 34.8 Å². The Morgan fingerprint density at radius 2 is 2.03 bits per heavy atom. The van der Waals surface area contributed by atoms with Gasteiger partial charge < -0.3 is 19.6 Å². The number of fused-ring (bicyclic) bond motifs is 1. The minimum atomic E-state index is -0.900. The molecule has 36 heavy (non-hydrogen) atoms. The lowest BCUT2D eigenvalue weighted by atomic mass is 10.0. The summed E-state index contributed by atoms with van der Waals surface area (Å²) in [5, 5.41) is 19.7. The smallest absolute Gasteiger partial charge is 0.410 e. The van der Waals surface area contributed by atoms with Gasteiger partial charge in [0.25, 0.3) is 0 Å². The first-order chi connectivity index (χ1) is 17.0. The molecule has 1 aliphatic heterocycles. The van der Waals surface area contributed by atoms with Gasteiger partial charge in [0.05, 0.1) is 29.1 Å². The summed E-state index contributed by atoms with van der Waals surface area (Å²) in [5.74, 6) is -1.83. The number of hydrogen-bond acceptors (Lipinski definition) is 7. The van der Waals surface area contributed by atoms with Gasteiger partial charge in [-0.05, 0) is 39.0 Å². The molecule has 1 N–H and O–H groups in total. The van der Waals surface area contributed by atoms with Gasteiger partial charge in [-0.2, -0.15) is 5.26 Å². The Bertz CT molecular complexity index is 1350. The minimum absolute atomic E-state index is 0.0601. The van der Waals surface area contributed by atoms with Crippen LogP contribution < -0.4 is 4.90 Å². The normalized spacial score (nSPS) is 16.2. The van der Waals surface area contributed by atoms with E-state index in [9.17, 15) is 19.6 Å². The molecule has 8 nitrogen and oxygen atoms in total. The number of hydrogen-bond donors (Lipinski definition) is 1. The average Bonchev–Trinajstić information content (AvgIpc) is 2.79. The van der Waals surface area contributed by atoms with Crippen LogP contribution in [0.3, 0.4) is 0 Å². The first-order valence-electron chi connectivity index (χ1n) is 11.2. The number of rotatable bonds is 3. The van der Waals surface area contributed by atoms with Crippen LogP contribution in [0.4, 0.5) is 19.4 Å². The molecule has 0 unspecified atom stereocenters. The Balaban J connectivity index is 1.73. The summed E-state index contributed by atoms with van der Waals surface area (Å²) in [6.45, 7) is 6.13. The monoisotopic (exact) mass is 515 g/mol. The summed E-state index contributed by atoms with van der Waals surface area (Å²) in [7, 11) is 0. The fourth-order valence-corrected chi connectivity index (χ4v) is 4.53. The van der Waals surface area contributed by atoms with Crippen molar-refractivity contribution in [1.82, 2.24) is 14.9 Å². The second kappa shape index (κ2) is 9.74. The molecule has 1 amide bonds. The first-order valence-corrected chi connectivity index (χ1v) is 11.6. The lowest BCUT2D eigenvalue weighted by molar-refractivity contribution is 0.0145. The molecule has 188 valence electrons. The number of aromatic nitrogens is 2. The fraction of sp³-hybridized carbons (Fsp3) is 0.360. The van der Waals surface area contributed by atoms with Crippen molar-refractivity contribution < 1.29 is 23.4 Å². The van der Waals surface area contributed by atoms with Gasteiger partial charge >= 0.3 is 6.09 Å². The zero-order valence-corrected chi connectivity index (χ0v) is 20.7. The predicted molar refractivity (Wildman–Crippen MR) is 131 cm³/mol. The molecule has 1 atom stereocenters. The van der Waals surface area contributed by atoms with E-state index in [0.29, 0.717) is 12.4 Å². The van der Waals surface area contributed by atoms with Crippen LogP contribution >= 0.6 is 11.6 Å². The number of phenolic OH excluding ortho intramolecular Hbond substituents is 1. The molecule has 0 radical (unpaired) electrons. The molecule has 2 aromatic carbocycles. The largest absolute Gasteiger partial charge is 0.507 e. The number of ether oxygens (including phenoxy) is 1. The molecule has 4 rings (SSSR count). The van der Waals surface area contributed by atoms with Crippen LogP contribution in [0.2, 0.25) is 5.02 Å². The summed E-state index contributed by atoms with van der Waals surface area (Å²) in [4.78, 5) is 24.4. The van der Waals surface area contributed by atoms with Gasteiger partial charge in [0.15, 0.2) is 5.82 Å². The highest BCUT2D eigenvalue weighted by Gasteiger charge is 2.34. The number of piperazine rings is 1. The van der Waals surface area contributed by atoms with Crippen LogP contribution in [-0.2, 0) is 4.74 Å². The number of benzene rings is 2. The maximum Gasteiger partial charge on any atom is 0.410 e. The van der Waals surface area contributed by atoms with E-state index in [1.807, 2.05) is 4.90 Å². The number of phenols is 1. The summed E-state index contributed by atoms with van der Waals surface area (Å²) < 4.78 is 35.6. The van der Waals surface area contributed by atoms with Crippen LogP contribution in [0.5, 0.6) is 5.75 Å². The van der Waals surface area contributed by atoms with Crippen molar-refractivity contribution in [2.75, 3.05) is 24.5 Å². The lowest BCUT2D eigenvalue weighted by Gasteiger charge is -2.41. The SMILES string of the molecule is CC(C)(C)OC(=O)N1CCN(c2ncnc3c(F)c(-c4c(O)cccc4F)c(Cl)cc23)C[C@@H]1CC#N. The van der Waals surface area contributed by atoms with Gasteiger partial charge in [-0.1, -0.05) is 17.7 Å². The minimum Gasteiger partial charge on any atom is -0.507 e. The van der Waals surface area contributed by atoms with E-state index in [2.05, 4.69) is 16.0 Å². The third kappa shape index (κ3) is 4.84. The molecule has 1 fully saturated rings. The average molecular weight is 516 g/mol. The third-order valence-corrected chi connectivity index (χ3v) is 6.08. The van der Waals surface area contributed by atoms with Crippen LogP contribution in [0, 0.1) is 23.0 Å². The number of nitrogens with zero attached hydrogens (tertiary/aromatic N) is 5. The highest BCUT2D eigenvalue weighted by Crippen LogP contribution is 2.42. The number of aromatic hydroxyl groups is 1. The molecule has 0 bridgehead atoms. The Morgan fingerprint density at radius 1 is 1.28 bits per heavy atom. The predicted octanol–water partition coefficient (Wildman–Crippen LogP) is 5.27. The Kier molecular flexibility index (Phi) is 6.87. The maximum absolute atomic E-state index is 15.7. The molecule has 1 aliphatic rings. The van der Waals surface area contributed by atoms with Crippen molar-refractivity contribution in [3.63, 3.8) is 0 Å². The zero-order chi connectivity index (χ0) is 26.2. The maximum atomic E-state index is 15.7. The molecule has 1 aromatic heterocycles. The lowest BCUT2D eigenvalue weighted by Crippen LogP contribution is -2.56. The standard InChI is InChI=1S/C25H24ClF2N5O3/c1-25(2,3)36-24(35)33-10-9-32(12-14(33)7-8-29)23-15-11-16(26)19(21(28)22(15)30-13-31-23)20-17(27)5-4-6-18(20)34/h4-6,11,13-14,34H,7,9-10,12H2,1-3H3/t14-/m0/s1. The van der Waals surface area contributed by atoms with Gasteiger partial charge in [-0.15, -0.1) is 0 Å². The van der Waals surface area contributed by atoms with Crippen LogP contribution in [0.25, 0.3) is 22.0 Å². The van der Waals surface area contributed by atoms with E-state index in [0.717, 1.165) is 6.07 Å². The number of carbonyl (C=O) groups excluding carboxylic acids is 1. The third-order valence-electron chi connectivity index (χ3n) is 5.78. The Labute approximate surface area is 211 Å². The molecular weight excluding hydrogens is 492 g/mol. The molecule has 11 heteroatoms. The topological polar surface area (TPSA) is 103 Å². The van der Waals surface area contributed by atoms with Gasteiger partial charge in [-0.3, -0.25) is 0 Å². The summed E-state index contributed by atoms with van der Waals surface area (Å²) in [5.41, 5.74) is -1.45. The van der Waals surface area contributed by atoms with E-state index < -0.39 is 35.1 Å². The Morgan fingerprint density at radius 3 is 2.69 bits per heavy atom. The van der Waals surface area contributed by atoms with Crippen molar-refractivity contribution in [1.29, 1.82) is 5.26 Å². The first kappa shape index (κ1) is 25.4. The molecule has 1 saturated heterocycles. The van der Waals surface area contributed by atoms with Crippen molar-refractivity contribution in [3.8, 4) is 22.9 Å². The summed E-state index contributed by atoms with van der Waals surface area (Å²) >= 11 is 6.40. The molecule has 3 aromatic rings. The highest BCUT2D eigenvalue weighted by atomic mass is 35.5. The molecule has 0 aliphatic carbocycles. The van der Waals surface area contributed by atoms with Crippen LogP contribution in [0.1, 0.15) is 27.2 Å². The van der Waals surface area contributed by atoms with Crippen molar-refractivity contribution in [2.45, 2.75) is 38.8 Å². The van der Waals surface area contributed by atoms with Gasteiger partial charge in [0, 0.05) is 30.6 Å². The van der Waals surface area contributed by atoms with E-state index in [-0.39, 0.29) is 46.6 Å². The van der Waals surface area contributed by atoms with Crippen molar-refractivity contribution in [3.05, 3.63) is 47.2 Å². The highest BCUT2D eigenvalue weighted by molar-refractivity contribution is 6.34. The summed E-state index contributed by atoms with van der Waals surface area (Å²) in [6, 6.07) is 6.68. The van der Waals surface area contributed by atoms with E-state index in [4.69, 9.17) is 16.3 Å². The van der Waals surface area contributed by atoms with Gasteiger partial charge in [0.2, 0.25) is 0 Å². The van der Waals surface area contributed by atoms with Crippen molar-refractivity contribution >= 4 is 34.4 Å². The number of amides is 1. The van der Waals surface area contributed by atoms with Crippen LogP contribution in [0.15, 0.2) is 30.6 Å². The fourth-order valence-electron chi connectivity index (χ4n) is 4.25. The van der Waals surface area contributed by atoms with E-state index >= 15 is 4.39 Å². The van der Waals surface area contributed by atoms with E-state index in [1.54, 1.807) is 20.8 Å². The number of halogens is 3. The second-order valence-corrected chi connectivity index (χ2v) is 9.82. The Hall–Kier alpha value is -3.71. The van der Waals surface area contributed by atoms with Crippen molar-refractivity contribution in [2.24, 2.45) is 0 Å².